The van der Waals surface area contributed by atoms with Crippen molar-refractivity contribution >= 4 is 11.6 Å². The minimum absolute atomic E-state index is 0.0126. The third kappa shape index (κ3) is 4.71. The van der Waals surface area contributed by atoms with Crippen molar-refractivity contribution in [2.24, 2.45) is 11.8 Å². The first-order valence-electron chi connectivity index (χ1n) is 9.36. The number of ketones is 2. The Morgan fingerprint density at radius 1 is 1.21 bits per heavy atom. The number of ether oxygens (including phenoxy) is 1. The minimum Gasteiger partial charge on any atom is -0.506 e. The van der Waals surface area contributed by atoms with Gasteiger partial charge in [-0.2, -0.15) is 0 Å². The van der Waals surface area contributed by atoms with Crippen LogP contribution >= 0.6 is 0 Å². The van der Waals surface area contributed by atoms with Gasteiger partial charge in [-0.3, -0.25) is 9.59 Å². The Hall–Kier alpha value is -2.58. The first-order valence-corrected chi connectivity index (χ1v) is 9.36. The van der Waals surface area contributed by atoms with E-state index < -0.39 is 48.0 Å². The van der Waals surface area contributed by atoms with Gasteiger partial charge >= 0.3 is 0 Å². The number of hydrogen-bond donors (Lipinski definition) is 3. The number of aliphatic hydroxyl groups is 3. The molecule has 0 radical (unpaired) electrons. The lowest BCUT2D eigenvalue weighted by atomic mass is 9.84. The third-order valence-electron chi connectivity index (χ3n) is 5.35. The highest BCUT2D eigenvalue weighted by Crippen LogP contribution is 2.32. The van der Waals surface area contributed by atoms with Crippen LogP contribution in [0.4, 0.5) is 8.78 Å². The maximum atomic E-state index is 13.9. The summed E-state index contributed by atoms with van der Waals surface area (Å²) < 4.78 is 32.2. The normalized spacial score (nSPS) is 27.3. The molecule has 2 aliphatic rings. The summed E-state index contributed by atoms with van der Waals surface area (Å²) in [6.07, 6.45) is 0.832. The molecule has 1 aliphatic heterocycles. The van der Waals surface area contributed by atoms with Gasteiger partial charge in [0.1, 0.15) is 30.1 Å². The van der Waals surface area contributed by atoms with Gasteiger partial charge in [-0.05, 0) is 30.5 Å². The summed E-state index contributed by atoms with van der Waals surface area (Å²) in [5, 5.41) is 28.9. The molecule has 29 heavy (non-hydrogen) atoms. The number of benzene rings is 1. The number of aryl methyl sites for hydroxylation is 1. The van der Waals surface area contributed by atoms with Crippen molar-refractivity contribution in [3.63, 3.8) is 0 Å². The van der Waals surface area contributed by atoms with E-state index in [1.165, 1.54) is 18.2 Å². The zero-order valence-electron chi connectivity index (χ0n) is 15.6. The molecule has 3 N–H and O–H groups in total. The number of halogens is 2. The molecule has 3 rings (SSSR count). The van der Waals surface area contributed by atoms with Gasteiger partial charge in [0, 0.05) is 30.7 Å². The maximum Gasteiger partial charge on any atom is 0.165 e. The van der Waals surface area contributed by atoms with Crippen LogP contribution in [0, 0.1) is 23.5 Å². The van der Waals surface area contributed by atoms with Crippen molar-refractivity contribution in [3.05, 3.63) is 59.1 Å². The Balaban J connectivity index is 1.69. The van der Waals surface area contributed by atoms with Crippen molar-refractivity contribution in [2.75, 3.05) is 6.61 Å². The SMILES string of the molecule is O=C1C=CC(C[C@@H]2OC(CO)=C(O)C2O)C(=O)C(CCc2ccc(F)cc2F)C1. The molecule has 1 aliphatic carbocycles. The molecular weight excluding hydrogens is 386 g/mol. The average molecular weight is 408 g/mol. The van der Waals surface area contributed by atoms with Crippen LogP contribution in [0.1, 0.15) is 24.8 Å². The number of allylic oxidation sites excluding steroid dienone is 2. The summed E-state index contributed by atoms with van der Waals surface area (Å²) in [5.74, 6) is -3.90. The van der Waals surface area contributed by atoms with Crippen LogP contribution in [-0.2, 0) is 20.7 Å². The van der Waals surface area contributed by atoms with E-state index >= 15 is 0 Å². The molecule has 4 atom stereocenters. The molecule has 0 amide bonds. The van der Waals surface area contributed by atoms with Gasteiger partial charge in [0.25, 0.3) is 0 Å². The number of hydrogen-bond acceptors (Lipinski definition) is 6. The molecule has 8 heteroatoms. The quantitative estimate of drug-likeness (QED) is 0.666. The Morgan fingerprint density at radius 2 is 1.97 bits per heavy atom. The predicted octanol–water partition coefficient (Wildman–Crippen LogP) is 2.14. The third-order valence-corrected chi connectivity index (χ3v) is 5.35. The second kappa shape index (κ2) is 8.84. The molecule has 0 spiro atoms. The number of rotatable bonds is 6. The lowest BCUT2D eigenvalue weighted by Crippen LogP contribution is -2.31. The Morgan fingerprint density at radius 3 is 2.62 bits per heavy atom. The van der Waals surface area contributed by atoms with Crippen molar-refractivity contribution < 1.29 is 38.4 Å². The fourth-order valence-corrected chi connectivity index (χ4v) is 3.72. The predicted molar refractivity (Wildman–Crippen MR) is 97.7 cm³/mol. The second-order valence-corrected chi connectivity index (χ2v) is 7.31. The molecule has 1 heterocycles. The van der Waals surface area contributed by atoms with Crippen LogP contribution in [0.5, 0.6) is 0 Å². The fourth-order valence-electron chi connectivity index (χ4n) is 3.72. The van der Waals surface area contributed by atoms with Gasteiger partial charge in [0.05, 0.1) is 0 Å². The van der Waals surface area contributed by atoms with Crippen LogP contribution < -0.4 is 0 Å². The lowest BCUT2D eigenvalue weighted by molar-refractivity contribution is -0.129. The number of carbonyl (C=O) groups excluding carboxylic acids is 2. The zero-order valence-corrected chi connectivity index (χ0v) is 15.6. The highest BCUT2D eigenvalue weighted by molar-refractivity contribution is 5.98. The van der Waals surface area contributed by atoms with Gasteiger partial charge in [0.2, 0.25) is 0 Å². The number of Topliss-reactive ketones (excluding diaryl/α,β-unsaturated/α-hetero) is 1. The minimum atomic E-state index is -1.37. The summed E-state index contributed by atoms with van der Waals surface area (Å²) in [7, 11) is 0. The summed E-state index contributed by atoms with van der Waals surface area (Å²) >= 11 is 0. The molecule has 1 aromatic rings. The molecule has 6 nitrogen and oxygen atoms in total. The average Bonchev–Trinajstić information content (AvgIpc) is 2.88. The molecule has 0 fully saturated rings. The van der Waals surface area contributed by atoms with Crippen LogP contribution in [0.2, 0.25) is 0 Å². The highest BCUT2D eigenvalue weighted by Gasteiger charge is 2.39. The van der Waals surface area contributed by atoms with Crippen LogP contribution in [0.25, 0.3) is 0 Å². The van der Waals surface area contributed by atoms with Crippen molar-refractivity contribution in [1.29, 1.82) is 0 Å². The maximum absolute atomic E-state index is 13.9. The van der Waals surface area contributed by atoms with Gasteiger partial charge < -0.3 is 20.1 Å². The van der Waals surface area contributed by atoms with Crippen LogP contribution in [0.3, 0.4) is 0 Å². The van der Waals surface area contributed by atoms with Crippen LogP contribution in [0.15, 0.2) is 41.9 Å². The van der Waals surface area contributed by atoms with Crippen molar-refractivity contribution in [3.8, 4) is 0 Å². The summed E-state index contributed by atoms with van der Waals surface area (Å²) in [5.41, 5.74) is 0.261. The standard InChI is InChI=1S/C21H22F2O6/c22-14-5-3-11(16(23)9-14)1-2-12-7-15(25)6-4-13(19(12)26)8-17-20(27)21(28)18(10-24)29-17/h3-6,9,12-13,17,20,24,27-28H,1-2,7-8,10H2/t12?,13?,17-,20?/m0/s1. The number of carbonyl (C=O) groups is 2. The monoisotopic (exact) mass is 408 g/mol. The zero-order chi connectivity index (χ0) is 21.1. The fraction of sp³-hybridized carbons (Fsp3) is 0.429. The Bertz CT molecular complexity index is 863. The molecule has 0 saturated carbocycles. The molecule has 1 aromatic carbocycles. The summed E-state index contributed by atoms with van der Waals surface area (Å²) in [6.45, 7) is -0.585. The molecule has 0 bridgehead atoms. The summed E-state index contributed by atoms with van der Waals surface area (Å²) in [6, 6.07) is 3.23. The van der Waals surface area contributed by atoms with Gasteiger partial charge in [-0.1, -0.05) is 12.1 Å². The molecule has 0 aromatic heterocycles. The van der Waals surface area contributed by atoms with E-state index in [1.807, 2.05) is 0 Å². The topological polar surface area (TPSA) is 104 Å². The van der Waals surface area contributed by atoms with Gasteiger partial charge in [-0.25, -0.2) is 8.78 Å². The van der Waals surface area contributed by atoms with E-state index in [0.29, 0.717) is 0 Å². The van der Waals surface area contributed by atoms with E-state index in [4.69, 9.17) is 9.84 Å². The molecule has 3 unspecified atom stereocenters. The van der Waals surface area contributed by atoms with Crippen molar-refractivity contribution in [1.82, 2.24) is 0 Å². The van der Waals surface area contributed by atoms with Gasteiger partial charge in [-0.15, -0.1) is 0 Å². The van der Waals surface area contributed by atoms with Crippen LogP contribution in [-0.4, -0.2) is 45.7 Å². The van der Waals surface area contributed by atoms with E-state index in [-0.39, 0.29) is 48.6 Å². The van der Waals surface area contributed by atoms with E-state index in [9.17, 15) is 28.6 Å². The molecular formula is C21H22F2O6. The largest absolute Gasteiger partial charge is 0.506 e. The first-order chi connectivity index (χ1) is 13.8. The molecule has 0 saturated heterocycles. The molecule has 156 valence electrons. The lowest BCUT2D eigenvalue weighted by Gasteiger charge is -2.22. The first kappa shape index (κ1) is 21.1. The second-order valence-electron chi connectivity index (χ2n) is 7.31. The van der Waals surface area contributed by atoms with E-state index in [2.05, 4.69) is 0 Å². The van der Waals surface area contributed by atoms with E-state index in [0.717, 1.165) is 12.1 Å². The smallest absolute Gasteiger partial charge is 0.165 e. The van der Waals surface area contributed by atoms with Crippen molar-refractivity contribution in [2.45, 2.75) is 37.9 Å². The number of aliphatic hydroxyl groups excluding tert-OH is 3. The summed E-state index contributed by atoms with van der Waals surface area (Å²) in [4.78, 5) is 25.0. The van der Waals surface area contributed by atoms with E-state index in [1.54, 1.807) is 0 Å². The Kier molecular flexibility index (Phi) is 6.44. The highest BCUT2D eigenvalue weighted by atomic mass is 19.1. The van der Waals surface area contributed by atoms with Gasteiger partial charge in [0.15, 0.2) is 23.4 Å². The Labute approximate surface area is 166 Å².